The number of fused-ring (bicyclic) bond motifs is 1. The maximum atomic E-state index is 12.7. The van der Waals surface area contributed by atoms with Crippen molar-refractivity contribution in [3.05, 3.63) is 88.5 Å². The van der Waals surface area contributed by atoms with Crippen molar-refractivity contribution in [3.8, 4) is 5.69 Å². The number of pyridine rings is 1. The van der Waals surface area contributed by atoms with E-state index in [1.54, 1.807) is 12.4 Å². The van der Waals surface area contributed by atoms with Crippen LogP contribution in [0.3, 0.4) is 0 Å². The molecule has 0 aliphatic rings. The lowest BCUT2D eigenvalue weighted by Gasteiger charge is -1.99. The summed E-state index contributed by atoms with van der Waals surface area (Å²) in [6.07, 6.45) is 3.38. The molecule has 4 rings (SSSR count). The van der Waals surface area contributed by atoms with Crippen LogP contribution < -0.4 is 5.56 Å². The van der Waals surface area contributed by atoms with Crippen molar-refractivity contribution in [3.63, 3.8) is 0 Å². The summed E-state index contributed by atoms with van der Waals surface area (Å²) in [5, 5.41) is 4.12. The molecular formula is C20H16N4O. The summed E-state index contributed by atoms with van der Waals surface area (Å²) in [7, 11) is 0. The van der Waals surface area contributed by atoms with Gasteiger partial charge in [-0.1, -0.05) is 24.3 Å². The second-order valence-corrected chi connectivity index (χ2v) is 5.77. The summed E-state index contributed by atoms with van der Waals surface area (Å²) in [6, 6.07) is 19.1. The molecule has 2 aromatic carbocycles. The summed E-state index contributed by atoms with van der Waals surface area (Å²) in [6.45, 7) is 1.87. The minimum absolute atomic E-state index is 0.116. The van der Waals surface area contributed by atoms with Crippen LogP contribution in [0.25, 0.3) is 16.6 Å². The van der Waals surface area contributed by atoms with Crippen LogP contribution in [0.15, 0.2) is 76.6 Å². The Labute approximate surface area is 144 Å². The summed E-state index contributed by atoms with van der Waals surface area (Å²) >= 11 is 0. The smallest absolute Gasteiger partial charge is 0.280 e. The molecule has 2 heterocycles. The Bertz CT molecular complexity index is 1120. The van der Waals surface area contributed by atoms with Gasteiger partial charge in [-0.25, -0.2) is 4.68 Å². The fourth-order valence-electron chi connectivity index (χ4n) is 2.75. The van der Waals surface area contributed by atoms with E-state index in [0.29, 0.717) is 5.56 Å². The molecule has 0 aliphatic carbocycles. The second-order valence-electron chi connectivity index (χ2n) is 5.77. The number of para-hydroxylation sites is 1. The molecule has 0 fully saturated rings. The van der Waals surface area contributed by atoms with E-state index in [9.17, 15) is 4.79 Å². The number of nitrogens with zero attached hydrogens (tertiary/aromatic N) is 3. The summed E-state index contributed by atoms with van der Waals surface area (Å²) in [4.78, 5) is 21.4. The van der Waals surface area contributed by atoms with Gasteiger partial charge in [-0.3, -0.25) is 19.9 Å². The van der Waals surface area contributed by atoms with Crippen molar-refractivity contribution in [2.45, 2.75) is 6.92 Å². The van der Waals surface area contributed by atoms with E-state index in [2.05, 4.69) is 15.1 Å². The van der Waals surface area contributed by atoms with Gasteiger partial charge in [0.1, 0.15) is 0 Å². The van der Waals surface area contributed by atoms with E-state index in [0.717, 1.165) is 28.0 Å². The van der Waals surface area contributed by atoms with E-state index >= 15 is 0 Å². The molecule has 1 N–H and O–H groups in total. The van der Waals surface area contributed by atoms with Gasteiger partial charge in [-0.15, -0.1) is 0 Å². The molecule has 5 nitrogen and oxygen atoms in total. The van der Waals surface area contributed by atoms with Crippen molar-refractivity contribution in [1.82, 2.24) is 14.8 Å². The van der Waals surface area contributed by atoms with Gasteiger partial charge in [-0.05, 0) is 43.3 Å². The number of aromatic amines is 1. The van der Waals surface area contributed by atoms with Crippen LogP contribution in [0.5, 0.6) is 0 Å². The normalized spacial score (nSPS) is 11.4. The zero-order valence-electron chi connectivity index (χ0n) is 13.7. The number of aryl methyl sites for hydroxylation is 1. The summed E-state index contributed by atoms with van der Waals surface area (Å²) < 4.78 is 1.53. The third kappa shape index (κ3) is 2.87. The van der Waals surface area contributed by atoms with Crippen LogP contribution in [0.4, 0.5) is 5.69 Å². The average Bonchev–Trinajstić information content (AvgIpc) is 2.94. The van der Waals surface area contributed by atoms with Crippen LogP contribution in [0, 0.1) is 6.92 Å². The molecule has 0 spiro atoms. The van der Waals surface area contributed by atoms with Crippen molar-refractivity contribution < 1.29 is 0 Å². The van der Waals surface area contributed by atoms with Gasteiger partial charge in [0.05, 0.1) is 22.5 Å². The molecule has 0 unspecified atom stereocenters. The molecule has 0 bridgehead atoms. The number of hydrogen-bond donors (Lipinski definition) is 1. The Morgan fingerprint density at radius 3 is 2.76 bits per heavy atom. The van der Waals surface area contributed by atoms with Gasteiger partial charge >= 0.3 is 0 Å². The largest absolute Gasteiger partial charge is 0.295 e. The minimum Gasteiger partial charge on any atom is -0.295 e. The highest BCUT2D eigenvalue weighted by Gasteiger charge is 2.10. The molecule has 0 radical (unpaired) electrons. The molecule has 0 saturated heterocycles. The first-order chi connectivity index (χ1) is 12.2. The topological polar surface area (TPSA) is 63.0 Å². The lowest BCUT2D eigenvalue weighted by atomic mass is 10.2. The molecule has 0 saturated carbocycles. The zero-order valence-corrected chi connectivity index (χ0v) is 13.7. The minimum atomic E-state index is -0.116. The highest BCUT2D eigenvalue weighted by atomic mass is 16.1. The molecule has 0 atom stereocenters. The predicted molar refractivity (Wildman–Crippen MR) is 100 cm³/mol. The Hall–Kier alpha value is -3.47. The van der Waals surface area contributed by atoms with E-state index in [-0.39, 0.29) is 5.56 Å². The zero-order chi connectivity index (χ0) is 17.2. The Morgan fingerprint density at radius 2 is 1.92 bits per heavy atom. The maximum Gasteiger partial charge on any atom is 0.280 e. The van der Waals surface area contributed by atoms with Crippen LogP contribution in [-0.4, -0.2) is 21.0 Å². The van der Waals surface area contributed by atoms with Gasteiger partial charge in [0.25, 0.3) is 5.56 Å². The molecule has 0 amide bonds. The lowest BCUT2D eigenvalue weighted by molar-refractivity contribution is 0.835. The van der Waals surface area contributed by atoms with E-state index in [4.69, 9.17) is 0 Å². The molecular weight excluding hydrogens is 312 g/mol. The fraction of sp³-hybridized carbons (Fsp3) is 0.0500. The number of aromatic nitrogens is 3. The monoisotopic (exact) mass is 328 g/mol. The first kappa shape index (κ1) is 15.1. The lowest BCUT2D eigenvalue weighted by Crippen LogP contribution is -2.17. The second kappa shape index (κ2) is 6.20. The van der Waals surface area contributed by atoms with Gasteiger partial charge in [-0.2, -0.15) is 0 Å². The first-order valence-corrected chi connectivity index (χ1v) is 7.98. The number of hydrogen-bond acceptors (Lipinski definition) is 3. The number of rotatable bonds is 3. The van der Waals surface area contributed by atoms with Crippen LogP contribution in [0.1, 0.15) is 11.3 Å². The third-order valence-corrected chi connectivity index (χ3v) is 4.06. The summed E-state index contributed by atoms with van der Waals surface area (Å²) in [5.41, 5.74) is 3.72. The predicted octanol–water partition coefficient (Wildman–Crippen LogP) is 3.77. The average molecular weight is 328 g/mol. The number of aliphatic imine (C=N–C) groups is 1. The molecule has 25 heavy (non-hydrogen) atoms. The van der Waals surface area contributed by atoms with Crippen molar-refractivity contribution in [2.75, 3.05) is 0 Å². The van der Waals surface area contributed by atoms with Gasteiger partial charge < -0.3 is 0 Å². The van der Waals surface area contributed by atoms with E-state index in [1.165, 1.54) is 4.68 Å². The molecule has 122 valence electrons. The standard InChI is InChI=1S/C20H16N4O/c1-14-18(20(25)24(23-14)17-7-3-2-4-8-17)13-22-16-9-10-19-15(12-16)6-5-11-21-19/h2-13,23H,1H3. The Morgan fingerprint density at radius 1 is 1.08 bits per heavy atom. The van der Waals surface area contributed by atoms with Crippen molar-refractivity contribution in [2.24, 2.45) is 4.99 Å². The maximum absolute atomic E-state index is 12.7. The molecule has 2 aromatic heterocycles. The van der Waals surface area contributed by atoms with Gasteiger partial charge in [0.2, 0.25) is 0 Å². The van der Waals surface area contributed by atoms with Crippen LogP contribution in [-0.2, 0) is 0 Å². The first-order valence-electron chi connectivity index (χ1n) is 7.98. The van der Waals surface area contributed by atoms with Crippen LogP contribution >= 0.6 is 0 Å². The number of benzene rings is 2. The highest BCUT2D eigenvalue weighted by molar-refractivity contribution is 5.86. The quantitative estimate of drug-likeness (QED) is 0.582. The fourth-order valence-corrected chi connectivity index (χ4v) is 2.75. The number of H-pyrrole nitrogens is 1. The summed E-state index contributed by atoms with van der Waals surface area (Å²) in [5.74, 6) is 0. The van der Waals surface area contributed by atoms with Gasteiger partial charge in [0.15, 0.2) is 0 Å². The van der Waals surface area contributed by atoms with Crippen molar-refractivity contribution >= 4 is 22.8 Å². The SMILES string of the molecule is Cc1[nH]n(-c2ccccc2)c(=O)c1C=Nc1ccc2ncccc2c1. The molecule has 0 aliphatic heterocycles. The van der Waals surface area contributed by atoms with E-state index < -0.39 is 0 Å². The third-order valence-electron chi connectivity index (χ3n) is 4.06. The Balaban J connectivity index is 1.71. The number of nitrogens with one attached hydrogen (secondary N) is 1. The van der Waals surface area contributed by atoms with Crippen LogP contribution in [0.2, 0.25) is 0 Å². The van der Waals surface area contributed by atoms with E-state index in [1.807, 2.05) is 67.6 Å². The molecule has 5 heteroatoms. The highest BCUT2D eigenvalue weighted by Crippen LogP contribution is 2.19. The molecule has 4 aromatic rings. The Kier molecular flexibility index (Phi) is 3.74. The van der Waals surface area contributed by atoms with Crippen molar-refractivity contribution in [1.29, 1.82) is 0 Å². The van der Waals surface area contributed by atoms with Gasteiger partial charge in [0, 0.05) is 23.5 Å².